The predicted octanol–water partition coefficient (Wildman–Crippen LogP) is 1.41. The molecule has 0 unspecified atom stereocenters. The number of methoxy groups -OCH3 is 1. The smallest absolute Gasteiger partial charge is 0.328 e. The summed E-state index contributed by atoms with van der Waals surface area (Å²) in [5.74, 6) is -1.87. The molecule has 1 aromatic carbocycles. The Hall–Kier alpha value is -2.57. The quantitative estimate of drug-likeness (QED) is 0.467. The Morgan fingerprint density at radius 3 is 2.65 bits per heavy atom. The molecule has 2 N–H and O–H groups in total. The van der Waals surface area contributed by atoms with Crippen LogP contribution in [-0.4, -0.2) is 28.2 Å². The van der Waals surface area contributed by atoms with E-state index >= 15 is 0 Å². The molecule has 0 saturated carbocycles. The average molecular weight is 239 g/mol. The number of benzene rings is 1. The molecular weight excluding hydrogens is 230 g/mol. The zero-order chi connectivity index (χ0) is 13.0. The standard InChI is InChI=1S/C10H9NO6/c1-17-8-5-6(2-3-9(12)13)4-7(10(8)14)11(15)16/h2-5,14H,1H3,(H,12,13)/b3-2-. The fourth-order valence-electron chi connectivity index (χ4n) is 1.17. The monoisotopic (exact) mass is 239 g/mol. The van der Waals surface area contributed by atoms with E-state index in [4.69, 9.17) is 9.84 Å². The first-order valence-corrected chi connectivity index (χ1v) is 4.42. The number of carbonyl (C=O) groups is 1. The molecule has 1 rings (SSSR count). The third-order valence-electron chi connectivity index (χ3n) is 1.91. The van der Waals surface area contributed by atoms with Crippen molar-refractivity contribution in [3.63, 3.8) is 0 Å². The van der Waals surface area contributed by atoms with Crippen molar-refractivity contribution in [3.8, 4) is 11.5 Å². The number of aromatic hydroxyl groups is 1. The first-order chi connectivity index (χ1) is 7.95. The van der Waals surface area contributed by atoms with Gasteiger partial charge >= 0.3 is 11.7 Å². The van der Waals surface area contributed by atoms with Gasteiger partial charge in [-0.1, -0.05) is 0 Å². The maximum absolute atomic E-state index is 10.6. The summed E-state index contributed by atoms with van der Waals surface area (Å²) in [4.78, 5) is 20.2. The van der Waals surface area contributed by atoms with Crippen LogP contribution in [0.5, 0.6) is 11.5 Å². The van der Waals surface area contributed by atoms with Gasteiger partial charge in [-0.3, -0.25) is 10.1 Å². The lowest BCUT2D eigenvalue weighted by Gasteiger charge is -2.04. The third-order valence-corrected chi connectivity index (χ3v) is 1.91. The minimum atomic E-state index is -1.18. The van der Waals surface area contributed by atoms with Crippen LogP contribution < -0.4 is 4.74 Å². The van der Waals surface area contributed by atoms with Gasteiger partial charge in [0, 0.05) is 12.1 Å². The van der Waals surface area contributed by atoms with Crippen LogP contribution in [0.2, 0.25) is 0 Å². The summed E-state index contributed by atoms with van der Waals surface area (Å²) >= 11 is 0. The summed E-state index contributed by atoms with van der Waals surface area (Å²) in [7, 11) is 1.24. The highest BCUT2D eigenvalue weighted by molar-refractivity contribution is 5.85. The van der Waals surface area contributed by atoms with E-state index in [0.29, 0.717) is 0 Å². The van der Waals surface area contributed by atoms with E-state index in [2.05, 4.69) is 0 Å². The normalized spacial score (nSPS) is 10.4. The highest BCUT2D eigenvalue weighted by Crippen LogP contribution is 2.37. The van der Waals surface area contributed by atoms with Crippen molar-refractivity contribution in [1.29, 1.82) is 0 Å². The van der Waals surface area contributed by atoms with E-state index in [1.54, 1.807) is 0 Å². The van der Waals surface area contributed by atoms with E-state index in [9.17, 15) is 20.0 Å². The fourth-order valence-corrected chi connectivity index (χ4v) is 1.17. The second-order valence-corrected chi connectivity index (χ2v) is 3.02. The Balaban J connectivity index is 3.30. The Morgan fingerprint density at radius 1 is 1.53 bits per heavy atom. The van der Waals surface area contributed by atoms with Crippen molar-refractivity contribution in [1.82, 2.24) is 0 Å². The minimum absolute atomic E-state index is 0.0933. The molecule has 0 saturated heterocycles. The number of carboxylic acid groups (broad SMARTS) is 1. The number of carboxylic acids is 1. The molecule has 0 spiro atoms. The van der Waals surface area contributed by atoms with Gasteiger partial charge in [0.05, 0.1) is 12.0 Å². The van der Waals surface area contributed by atoms with Gasteiger partial charge in [-0.25, -0.2) is 4.79 Å². The van der Waals surface area contributed by atoms with Gasteiger partial charge in [-0.2, -0.15) is 0 Å². The Kier molecular flexibility index (Phi) is 3.66. The number of hydrogen-bond donors (Lipinski definition) is 2. The van der Waals surface area contributed by atoms with Crippen molar-refractivity contribution < 1.29 is 24.7 Å². The summed E-state index contributed by atoms with van der Waals surface area (Å²) in [6, 6.07) is 2.35. The number of phenols is 1. The molecule has 0 aromatic heterocycles. The number of aliphatic carboxylic acids is 1. The van der Waals surface area contributed by atoms with Crippen molar-refractivity contribution in [2.45, 2.75) is 0 Å². The third kappa shape index (κ3) is 2.94. The van der Waals surface area contributed by atoms with Gasteiger partial charge in [0.25, 0.3) is 0 Å². The molecule has 17 heavy (non-hydrogen) atoms. The Labute approximate surface area is 95.7 Å². The molecule has 0 heterocycles. The maximum atomic E-state index is 10.6. The maximum Gasteiger partial charge on any atom is 0.328 e. The number of nitro groups is 1. The lowest BCUT2D eigenvalue weighted by atomic mass is 10.1. The lowest BCUT2D eigenvalue weighted by Crippen LogP contribution is -1.93. The molecule has 0 aliphatic rings. The molecule has 0 radical (unpaired) electrons. The summed E-state index contributed by atoms with van der Waals surface area (Å²) in [6.45, 7) is 0. The van der Waals surface area contributed by atoms with Crippen molar-refractivity contribution in [3.05, 3.63) is 33.9 Å². The van der Waals surface area contributed by atoms with E-state index in [1.807, 2.05) is 0 Å². The minimum Gasteiger partial charge on any atom is -0.500 e. The van der Waals surface area contributed by atoms with Crippen LogP contribution in [0.3, 0.4) is 0 Å². The van der Waals surface area contributed by atoms with Crippen LogP contribution in [0.4, 0.5) is 5.69 Å². The molecule has 7 nitrogen and oxygen atoms in total. The predicted molar refractivity (Wildman–Crippen MR) is 58.0 cm³/mol. The zero-order valence-corrected chi connectivity index (χ0v) is 8.78. The highest BCUT2D eigenvalue weighted by atomic mass is 16.6. The largest absolute Gasteiger partial charge is 0.500 e. The summed E-state index contributed by atoms with van der Waals surface area (Å²) < 4.78 is 4.75. The topological polar surface area (TPSA) is 110 Å². The number of phenolic OH excluding ortho intramolecular Hbond substituents is 1. The van der Waals surface area contributed by atoms with Crippen molar-refractivity contribution in [2.24, 2.45) is 0 Å². The number of rotatable bonds is 4. The first kappa shape index (κ1) is 12.5. The second-order valence-electron chi connectivity index (χ2n) is 3.02. The van der Waals surface area contributed by atoms with Crippen LogP contribution in [0.25, 0.3) is 6.08 Å². The molecule has 7 heteroatoms. The molecule has 90 valence electrons. The van der Waals surface area contributed by atoms with Gasteiger partial charge in [0.15, 0.2) is 5.75 Å². The van der Waals surface area contributed by atoms with E-state index < -0.39 is 22.3 Å². The number of hydrogen-bond acceptors (Lipinski definition) is 5. The van der Waals surface area contributed by atoms with Crippen LogP contribution in [0.1, 0.15) is 5.56 Å². The van der Waals surface area contributed by atoms with Crippen molar-refractivity contribution >= 4 is 17.7 Å². The molecule has 1 aromatic rings. The Bertz CT molecular complexity index is 494. The number of nitro benzene ring substituents is 1. The second kappa shape index (κ2) is 4.97. The Morgan fingerprint density at radius 2 is 2.18 bits per heavy atom. The summed E-state index contributed by atoms with van der Waals surface area (Å²) in [5, 5.41) is 28.5. The molecule has 0 amide bonds. The fraction of sp³-hybridized carbons (Fsp3) is 0.100. The van der Waals surface area contributed by atoms with Crippen LogP contribution in [-0.2, 0) is 4.79 Å². The van der Waals surface area contributed by atoms with E-state index in [-0.39, 0.29) is 11.3 Å². The lowest BCUT2D eigenvalue weighted by molar-refractivity contribution is -0.386. The summed E-state index contributed by atoms with van der Waals surface area (Å²) in [5.41, 5.74) is -0.303. The number of nitrogens with zero attached hydrogens (tertiary/aromatic N) is 1. The molecule has 0 fully saturated rings. The van der Waals surface area contributed by atoms with Crippen molar-refractivity contribution in [2.75, 3.05) is 7.11 Å². The van der Waals surface area contributed by atoms with Crippen LogP contribution in [0, 0.1) is 10.1 Å². The molecule has 0 aliphatic heterocycles. The van der Waals surface area contributed by atoms with Gasteiger partial charge < -0.3 is 14.9 Å². The van der Waals surface area contributed by atoms with Crippen LogP contribution in [0.15, 0.2) is 18.2 Å². The summed E-state index contributed by atoms with van der Waals surface area (Å²) in [6.07, 6.45) is 1.99. The van der Waals surface area contributed by atoms with Gasteiger partial charge in [-0.15, -0.1) is 0 Å². The first-order valence-electron chi connectivity index (χ1n) is 4.42. The van der Waals surface area contributed by atoms with E-state index in [1.165, 1.54) is 13.2 Å². The highest BCUT2D eigenvalue weighted by Gasteiger charge is 2.18. The average Bonchev–Trinajstić information content (AvgIpc) is 2.27. The zero-order valence-electron chi connectivity index (χ0n) is 8.78. The number of ether oxygens (including phenoxy) is 1. The molecular formula is C10H9NO6. The van der Waals surface area contributed by atoms with E-state index in [0.717, 1.165) is 18.2 Å². The molecule has 0 bridgehead atoms. The molecule has 0 atom stereocenters. The van der Waals surface area contributed by atoms with Gasteiger partial charge in [0.1, 0.15) is 0 Å². The van der Waals surface area contributed by atoms with Crippen LogP contribution >= 0.6 is 0 Å². The van der Waals surface area contributed by atoms with Gasteiger partial charge in [-0.05, 0) is 17.7 Å². The van der Waals surface area contributed by atoms with Gasteiger partial charge in [0.2, 0.25) is 5.75 Å². The SMILES string of the molecule is COc1cc(/C=C\C(=O)O)cc([N+](=O)[O-])c1O. The molecule has 0 aliphatic carbocycles.